The lowest BCUT2D eigenvalue weighted by atomic mass is 10.1. The summed E-state index contributed by atoms with van der Waals surface area (Å²) in [5.41, 5.74) is 0.481. The van der Waals surface area contributed by atoms with Crippen LogP contribution in [-0.2, 0) is 0 Å². The van der Waals surface area contributed by atoms with Crippen LogP contribution in [0.3, 0.4) is 0 Å². The highest BCUT2D eigenvalue weighted by molar-refractivity contribution is 5.35. The molecule has 0 radical (unpaired) electrons. The second kappa shape index (κ2) is 7.95. The van der Waals surface area contributed by atoms with Crippen molar-refractivity contribution in [3.8, 4) is 17.2 Å². The van der Waals surface area contributed by atoms with Crippen molar-refractivity contribution in [2.75, 3.05) is 0 Å². The van der Waals surface area contributed by atoms with E-state index in [4.69, 9.17) is 9.47 Å². The molecule has 3 aromatic rings. The molecule has 2 nitrogen and oxygen atoms in total. The monoisotopic (exact) mass is 358 g/mol. The quantitative estimate of drug-likeness (QED) is 0.497. The van der Waals surface area contributed by atoms with Gasteiger partial charge in [-0.1, -0.05) is 48.5 Å². The van der Waals surface area contributed by atoms with E-state index in [0.717, 1.165) is 0 Å². The molecule has 0 bridgehead atoms. The van der Waals surface area contributed by atoms with E-state index < -0.39 is 18.7 Å². The van der Waals surface area contributed by atoms with Gasteiger partial charge in [-0.05, 0) is 42.0 Å². The summed E-state index contributed by atoms with van der Waals surface area (Å²) in [4.78, 5) is 0. The van der Waals surface area contributed by atoms with E-state index in [2.05, 4.69) is 0 Å². The Morgan fingerprint density at radius 2 is 1.15 bits per heavy atom. The van der Waals surface area contributed by atoms with Crippen LogP contribution in [-0.4, -0.2) is 6.18 Å². The fourth-order valence-corrected chi connectivity index (χ4v) is 2.48. The van der Waals surface area contributed by atoms with Crippen LogP contribution in [0.5, 0.6) is 17.2 Å². The zero-order valence-corrected chi connectivity index (χ0v) is 13.8. The normalized spacial score (nSPS) is 12.4. The van der Waals surface area contributed by atoms with Crippen LogP contribution in [0.1, 0.15) is 18.1 Å². The molecule has 0 fully saturated rings. The molecule has 0 aliphatic heterocycles. The van der Waals surface area contributed by atoms with E-state index in [9.17, 15) is 13.2 Å². The van der Waals surface area contributed by atoms with Crippen molar-refractivity contribution >= 4 is 0 Å². The maximum absolute atomic E-state index is 12.9. The van der Waals surface area contributed by atoms with Crippen molar-refractivity contribution in [3.63, 3.8) is 0 Å². The molecule has 3 rings (SSSR count). The van der Waals surface area contributed by atoms with Crippen LogP contribution in [0.2, 0.25) is 0 Å². The Balaban J connectivity index is 1.72. The Kier molecular flexibility index (Phi) is 5.46. The molecule has 0 saturated heterocycles. The molecule has 0 aliphatic rings. The summed E-state index contributed by atoms with van der Waals surface area (Å²) in [5, 5.41) is 0. The average Bonchev–Trinajstić information content (AvgIpc) is 2.63. The first kappa shape index (κ1) is 17.9. The van der Waals surface area contributed by atoms with Crippen molar-refractivity contribution < 1.29 is 22.6 Å². The highest BCUT2D eigenvalue weighted by atomic mass is 19.4. The third-order valence-corrected chi connectivity index (χ3v) is 3.67. The van der Waals surface area contributed by atoms with E-state index >= 15 is 0 Å². The molecular weight excluding hydrogens is 341 g/mol. The van der Waals surface area contributed by atoms with Gasteiger partial charge in [-0.2, -0.15) is 13.2 Å². The molecule has 0 amide bonds. The number of rotatable bonds is 6. The Morgan fingerprint density at radius 1 is 0.654 bits per heavy atom. The van der Waals surface area contributed by atoms with Gasteiger partial charge in [-0.15, -0.1) is 0 Å². The molecule has 0 saturated carbocycles. The van der Waals surface area contributed by atoms with Gasteiger partial charge in [-0.3, -0.25) is 0 Å². The first-order chi connectivity index (χ1) is 12.5. The average molecular weight is 358 g/mol. The van der Waals surface area contributed by atoms with Gasteiger partial charge in [0.25, 0.3) is 0 Å². The second-order valence-electron chi connectivity index (χ2n) is 5.72. The van der Waals surface area contributed by atoms with Crippen LogP contribution in [0.15, 0.2) is 84.9 Å². The number of benzene rings is 3. The molecule has 0 N–H and O–H groups in total. The summed E-state index contributed by atoms with van der Waals surface area (Å²) in [6.07, 6.45) is -6.48. The SMILES string of the molecule is FC(F)(F)CC(Oc1ccc(Oc2ccccc2)cc1)c1ccccc1. The smallest absolute Gasteiger partial charge is 0.392 e. The van der Waals surface area contributed by atoms with E-state index in [0.29, 0.717) is 22.8 Å². The molecule has 134 valence electrons. The summed E-state index contributed by atoms with van der Waals surface area (Å²) >= 11 is 0. The van der Waals surface area contributed by atoms with E-state index in [1.54, 1.807) is 54.6 Å². The standard InChI is InChI=1S/C21H17F3O2/c22-21(23,24)15-20(16-7-3-1-4-8-16)26-19-13-11-18(12-14-19)25-17-9-5-2-6-10-17/h1-14,20H,15H2. The van der Waals surface area contributed by atoms with E-state index in [-0.39, 0.29) is 0 Å². The summed E-state index contributed by atoms with van der Waals surface area (Å²) in [5.74, 6) is 1.61. The maximum atomic E-state index is 12.9. The van der Waals surface area contributed by atoms with E-state index in [1.165, 1.54) is 0 Å². The Hall–Kier alpha value is -2.95. The van der Waals surface area contributed by atoms with Crippen LogP contribution in [0.25, 0.3) is 0 Å². The molecule has 0 heterocycles. The van der Waals surface area contributed by atoms with Gasteiger partial charge >= 0.3 is 6.18 Å². The van der Waals surface area contributed by atoms with Crippen molar-refractivity contribution in [1.29, 1.82) is 0 Å². The zero-order chi connectivity index (χ0) is 18.4. The molecule has 0 spiro atoms. The van der Waals surface area contributed by atoms with Gasteiger partial charge in [0.1, 0.15) is 23.4 Å². The van der Waals surface area contributed by atoms with Crippen molar-refractivity contribution in [2.45, 2.75) is 18.7 Å². The lowest BCUT2D eigenvalue weighted by molar-refractivity contribution is -0.151. The molecule has 26 heavy (non-hydrogen) atoms. The summed E-state index contributed by atoms with van der Waals surface area (Å²) in [7, 11) is 0. The molecule has 0 aliphatic carbocycles. The number of alkyl halides is 3. The highest BCUT2D eigenvalue weighted by Crippen LogP contribution is 2.34. The molecule has 1 atom stereocenters. The fraction of sp³-hybridized carbons (Fsp3) is 0.143. The van der Waals surface area contributed by atoms with Crippen LogP contribution >= 0.6 is 0 Å². The topological polar surface area (TPSA) is 18.5 Å². The first-order valence-corrected chi connectivity index (χ1v) is 8.11. The number of hydrogen-bond donors (Lipinski definition) is 0. The van der Waals surface area contributed by atoms with Crippen LogP contribution in [0.4, 0.5) is 13.2 Å². The largest absolute Gasteiger partial charge is 0.485 e. The van der Waals surface area contributed by atoms with Gasteiger partial charge < -0.3 is 9.47 Å². The molecule has 5 heteroatoms. The third-order valence-electron chi connectivity index (χ3n) is 3.67. The Labute approximate surface area is 149 Å². The summed E-state index contributed by atoms with van der Waals surface area (Å²) in [6.45, 7) is 0. The summed E-state index contributed by atoms with van der Waals surface area (Å²) < 4.78 is 50.0. The minimum atomic E-state index is -4.32. The van der Waals surface area contributed by atoms with Gasteiger partial charge in [0.2, 0.25) is 0 Å². The van der Waals surface area contributed by atoms with Crippen molar-refractivity contribution in [2.24, 2.45) is 0 Å². The second-order valence-corrected chi connectivity index (χ2v) is 5.72. The lowest BCUT2D eigenvalue weighted by Crippen LogP contribution is -2.18. The van der Waals surface area contributed by atoms with E-state index in [1.807, 2.05) is 30.3 Å². The number of halogens is 3. The summed E-state index contributed by atoms with van der Waals surface area (Å²) in [6, 6.07) is 24.2. The molecule has 3 aromatic carbocycles. The first-order valence-electron chi connectivity index (χ1n) is 8.11. The predicted molar refractivity (Wildman–Crippen MR) is 93.4 cm³/mol. The number of hydrogen-bond acceptors (Lipinski definition) is 2. The Morgan fingerprint density at radius 3 is 1.73 bits per heavy atom. The van der Waals surface area contributed by atoms with Crippen LogP contribution < -0.4 is 9.47 Å². The lowest BCUT2D eigenvalue weighted by Gasteiger charge is -2.21. The maximum Gasteiger partial charge on any atom is 0.392 e. The Bertz CT molecular complexity index is 800. The minimum absolute atomic E-state index is 0.350. The predicted octanol–water partition coefficient (Wildman–Crippen LogP) is 6.55. The molecule has 0 aromatic heterocycles. The third kappa shape index (κ3) is 5.28. The highest BCUT2D eigenvalue weighted by Gasteiger charge is 2.34. The van der Waals surface area contributed by atoms with Gasteiger partial charge in [0.05, 0.1) is 6.42 Å². The van der Waals surface area contributed by atoms with Gasteiger partial charge in [-0.25, -0.2) is 0 Å². The van der Waals surface area contributed by atoms with Gasteiger partial charge in [0, 0.05) is 0 Å². The zero-order valence-electron chi connectivity index (χ0n) is 13.8. The molecule has 1 unspecified atom stereocenters. The number of para-hydroxylation sites is 1. The van der Waals surface area contributed by atoms with Crippen LogP contribution in [0, 0.1) is 0 Å². The molecular formula is C21H17F3O2. The number of ether oxygens (including phenoxy) is 2. The fourth-order valence-electron chi connectivity index (χ4n) is 2.48. The van der Waals surface area contributed by atoms with Crippen molar-refractivity contribution in [1.82, 2.24) is 0 Å². The van der Waals surface area contributed by atoms with Gasteiger partial charge in [0.15, 0.2) is 0 Å². The van der Waals surface area contributed by atoms with Crippen molar-refractivity contribution in [3.05, 3.63) is 90.5 Å². The minimum Gasteiger partial charge on any atom is -0.485 e.